The summed E-state index contributed by atoms with van der Waals surface area (Å²) in [5.41, 5.74) is 4.47. The number of aliphatic carboxylic acids is 1. The van der Waals surface area contributed by atoms with Gasteiger partial charge in [0.1, 0.15) is 34.8 Å². The van der Waals surface area contributed by atoms with E-state index in [1.54, 1.807) is 16.9 Å². The van der Waals surface area contributed by atoms with Gasteiger partial charge in [-0.05, 0) is 113 Å². The molecule has 3 saturated heterocycles. The standard InChI is InChI=1S/C45H50FN11O4/c1-2-45(44(60)61)15-19-55(20-16-45)39-11-3-29(23-48-39)41-42-30(22-47)24-50-57(42)27-38(52-41)31-25-49-56(26-31)34-7-5-33(6-8-34)54-17-13-28(14-18-54)35-9-4-32(21-36(35)46)51-37-10-12-40(58)53-43(37)59/h3-4,9,11,21,23-28,33-34,37,51H,2,5-8,10,12-20H2,1H3,(H,60,61)(H,53,58,59)/t33?,34?,37-/m1/s1. The Morgan fingerprint density at radius 2 is 1.72 bits per heavy atom. The molecule has 16 heteroatoms. The van der Waals surface area contributed by atoms with Crippen LogP contribution in [0.5, 0.6) is 0 Å². The molecule has 0 radical (unpaired) electrons. The van der Waals surface area contributed by atoms with Gasteiger partial charge in [0.15, 0.2) is 0 Å². The van der Waals surface area contributed by atoms with Crippen molar-refractivity contribution < 1.29 is 23.9 Å². The highest BCUT2D eigenvalue weighted by Crippen LogP contribution is 2.39. The smallest absolute Gasteiger partial charge is 0.309 e. The van der Waals surface area contributed by atoms with Crippen molar-refractivity contribution in [3.05, 3.63) is 78.3 Å². The lowest BCUT2D eigenvalue weighted by molar-refractivity contribution is -0.150. The molecule has 3 aliphatic heterocycles. The molecule has 316 valence electrons. The first-order valence-corrected chi connectivity index (χ1v) is 21.5. The molecule has 0 unspecified atom stereocenters. The third kappa shape index (κ3) is 7.94. The molecule has 1 aliphatic carbocycles. The van der Waals surface area contributed by atoms with Crippen LogP contribution in [0.1, 0.15) is 101 Å². The van der Waals surface area contributed by atoms with Crippen LogP contribution in [0.25, 0.3) is 28.0 Å². The molecule has 3 N–H and O–H groups in total. The molecule has 4 aliphatic rings. The number of piperidine rings is 3. The number of fused-ring (bicyclic) bond motifs is 1. The summed E-state index contributed by atoms with van der Waals surface area (Å²) in [6.07, 6.45) is 17.3. The van der Waals surface area contributed by atoms with Gasteiger partial charge in [-0.15, -0.1) is 0 Å². The molecule has 1 aromatic carbocycles. The van der Waals surface area contributed by atoms with Crippen molar-refractivity contribution in [3.63, 3.8) is 0 Å². The quantitative estimate of drug-likeness (QED) is 0.133. The van der Waals surface area contributed by atoms with Gasteiger partial charge in [-0.25, -0.2) is 18.9 Å². The summed E-state index contributed by atoms with van der Waals surface area (Å²) in [5, 5.41) is 34.5. The van der Waals surface area contributed by atoms with Gasteiger partial charge >= 0.3 is 5.97 Å². The number of halogens is 1. The zero-order valence-electron chi connectivity index (χ0n) is 34.3. The van der Waals surface area contributed by atoms with E-state index in [4.69, 9.17) is 15.1 Å². The first-order chi connectivity index (χ1) is 29.6. The second-order valence-corrected chi connectivity index (χ2v) is 17.1. The first-order valence-electron chi connectivity index (χ1n) is 21.5. The van der Waals surface area contributed by atoms with Crippen molar-refractivity contribution in [2.45, 2.75) is 102 Å². The van der Waals surface area contributed by atoms with Gasteiger partial charge in [0.05, 0.1) is 41.4 Å². The van der Waals surface area contributed by atoms with Crippen molar-refractivity contribution in [3.8, 4) is 28.6 Å². The zero-order chi connectivity index (χ0) is 42.3. The average molecular weight is 828 g/mol. The number of likely N-dealkylation sites (tertiary alicyclic amines) is 1. The van der Waals surface area contributed by atoms with Gasteiger partial charge in [-0.2, -0.15) is 15.5 Å². The number of hydrogen-bond donors (Lipinski definition) is 3. The predicted octanol–water partition coefficient (Wildman–Crippen LogP) is 6.33. The number of rotatable bonds is 10. The Morgan fingerprint density at radius 3 is 2.39 bits per heavy atom. The molecule has 7 heterocycles. The Balaban J connectivity index is 0.820. The molecule has 5 aromatic rings. The molecule has 0 spiro atoms. The number of pyridine rings is 1. The molecule has 2 amide bonds. The van der Waals surface area contributed by atoms with Crippen molar-refractivity contribution in [1.29, 1.82) is 5.26 Å². The number of hydrogen-bond acceptors (Lipinski definition) is 11. The molecule has 4 aromatic heterocycles. The fourth-order valence-electron chi connectivity index (χ4n) is 9.95. The van der Waals surface area contributed by atoms with E-state index < -0.39 is 17.4 Å². The number of amides is 2. The Bertz CT molecular complexity index is 2490. The molecule has 15 nitrogen and oxygen atoms in total. The van der Waals surface area contributed by atoms with Crippen molar-refractivity contribution in [2.24, 2.45) is 5.41 Å². The van der Waals surface area contributed by atoms with E-state index >= 15 is 4.39 Å². The van der Waals surface area contributed by atoms with E-state index in [1.165, 1.54) is 6.07 Å². The summed E-state index contributed by atoms with van der Waals surface area (Å²) in [5.74, 6) is -0.725. The second-order valence-electron chi connectivity index (χ2n) is 17.1. The van der Waals surface area contributed by atoms with Crippen LogP contribution in [0, 0.1) is 22.6 Å². The van der Waals surface area contributed by atoms with E-state index in [9.17, 15) is 24.8 Å². The van der Waals surface area contributed by atoms with Gasteiger partial charge in [0.2, 0.25) is 11.8 Å². The summed E-state index contributed by atoms with van der Waals surface area (Å²) in [4.78, 5) is 50.1. The molecule has 4 fully saturated rings. The number of imide groups is 1. The highest BCUT2D eigenvalue weighted by Gasteiger charge is 2.40. The topological polar surface area (TPSA) is 187 Å². The summed E-state index contributed by atoms with van der Waals surface area (Å²) in [7, 11) is 0. The number of aromatic nitrogens is 6. The lowest BCUT2D eigenvalue weighted by Crippen LogP contribution is -2.47. The van der Waals surface area contributed by atoms with Crippen molar-refractivity contribution in [1.82, 2.24) is 39.6 Å². The van der Waals surface area contributed by atoms with Crippen LogP contribution in [-0.4, -0.2) is 95.4 Å². The van der Waals surface area contributed by atoms with Gasteiger partial charge in [0, 0.05) is 54.8 Å². The number of carboxylic acids is 1. The van der Waals surface area contributed by atoms with Crippen molar-refractivity contribution in [2.75, 3.05) is 36.4 Å². The average Bonchev–Trinajstić information content (AvgIpc) is 3.96. The van der Waals surface area contributed by atoms with Crippen LogP contribution in [0.15, 0.2) is 61.3 Å². The third-order valence-corrected chi connectivity index (χ3v) is 13.8. The number of carbonyl (C=O) groups is 3. The van der Waals surface area contributed by atoms with Gasteiger partial charge < -0.3 is 20.2 Å². The third-order valence-electron chi connectivity index (χ3n) is 13.8. The number of nitriles is 1. The SMILES string of the molecule is CCC1(C(=O)O)CCN(c2ccc(-c3nc(-c4cnn(C5CCC(N6CCC(c7ccc(N[C@@H]8CCC(=O)NC8=O)cc7F)CC6)CC5)c4)cn4ncc(C#N)c34)cn2)CC1. The van der Waals surface area contributed by atoms with Crippen LogP contribution >= 0.6 is 0 Å². The number of carbonyl (C=O) groups excluding carboxylic acids is 2. The lowest BCUT2D eigenvalue weighted by Gasteiger charge is -2.41. The highest BCUT2D eigenvalue weighted by atomic mass is 19.1. The molecular formula is C45H50FN11O4. The van der Waals surface area contributed by atoms with Crippen LogP contribution < -0.4 is 15.5 Å². The number of anilines is 2. The predicted molar refractivity (Wildman–Crippen MR) is 225 cm³/mol. The minimum absolute atomic E-state index is 0.139. The Morgan fingerprint density at radius 1 is 0.951 bits per heavy atom. The zero-order valence-corrected chi connectivity index (χ0v) is 34.3. The summed E-state index contributed by atoms with van der Waals surface area (Å²) < 4.78 is 19.1. The maximum absolute atomic E-state index is 15.4. The molecule has 61 heavy (non-hydrogen) atoms. The Labute approximate surface area is 353 Å². The van der Waals surface area contributed by atoms with Crippen LogP contribution in [0.3, 0.4) is 0 Å². The summed E-state index contributed by atoms with van der Waals surface area (Å²) in [6.45, 7) is 5.01. The number of benzene rings is 1. The molecular weight excluding hydrogens is 778 g/mol. The van der Waals surface area contributed by atoms with E-state index in [0.29, 0.717) is 73.0 Å². The second kappa shape index (κ2) is 16.7. The van der Waals surface area contributed by atoms with E-state index in [0.717, 1.165) is 74.1 Å². The maximum Gasteiger partial charge on any atom is 0.309 e. The largest absolute Gasteiger partial charge is 0.481 e. The Hall–Kier alpha value is -6.21. The number of nitrogens with one attached hydrogen (secondary N) is 2. The molecule has 1 saturated carbocycles. The molecule has 1 atom stereocenters. The lowest BCUT2D eigenvalue weighted by atomic mass is 9.76. The summed E-state index contributed by atoms with van der Waals surface area (Å²) >= 11 is 0. The number of nitrogens with zero attached hydrogens (tertiary/aromatic N) is 9. The minimum atomic E-state index is -0.728. The maximum atomic E-state index is 15.4. The van der Waals surface area contributed by atoms with Gasteiger partial charge in [-0.1, -0.05) is 13.0 Å². The number of carboxylic acid groups (broad SMARTS) is 1. The van der Waals surface area contributed by atoms with E-state index in [1.807, 2.05) is 43.6 Å². The van der Waals surface area contributed by atoms with Crippen molar-refractivity contribution >= 4 is 34.8 Å². The van der Waals surface area contributed by atoms with Crippen LogP contribution in [0.2, 0.25) is 0 Å². The minimum Gasteiger partial charge on any atom is -0.481 e. The van der Waals surface area contributed by atoms with Gasteiger partial charge in [-0.3, -0.25) is 24.4 Å². The fraction of sp³-hybridized carbons (Fsp3) is 0.467. The van der Waals surface area contributed by atoms with Crippen LogP contribution in [0.4, 0.5) is 15.9 Å². The fourth-order valence-corrected chi connectivity index (χ4v) is 9.95. The molecule has 9 rings (SSSR count). The van der Waals surface area contributed by atoms with E-state index in [2.05, 4.69) is 42.5 Å². The Kier molecular flexibility index (Phi) is 11.0. The normalized spacial score (nSPS) is 22.5. The first kappa shape index (κ1) is 40.2. The van der Waals surface area contributed by atoms with Gasteiger partial charge in [0.25, 0.3) is 0 Å². The van der Waals surface area contributed by atoms with Crippen LogP contribution in [-0.2, 0) is 14.4 Å². The highest BCUT2D eigenvalue weighted by molar-refractivity contribution is 6.01. The summed E-state index contributed by atoms with van der Waals surface area (Å²) in [6, 6.07) is 11.5. The monoisotopic (exact) mass is 827 g/mol. The van der Waals surface area contributed by atoms with E-state index in [-0.39, 0.29) is 36.0 Å². The molecule has 0 bridgehead atoms.